The lowest BCUT2D eigenvalue weighted by Crippen LogP contribution is -2.33. The Labute approximate surface area is 143 Å². The highest BCUT2D eigenvalue weighted by atomic mass is 19.4. The van der Waals surface area contributed by atoms with E-state index >= 15 is 0 Å². The Balaban J connectivity index is 2.05. The molecule has 8 heteroatoms. The van der Waals surface area contributed by atoms with Crippen molar-refractivity contribution in [1.82, 2.24) is 15.1 Å². The minimum atomic E-state index is -4.68. The molecule has 2 rings (SSSR count). The second kappa shape index (κ2) is 7.16. The van der Waals surface area contributed by atoms with Gasteiger partial charge in [0.2, 0.25) is 0 Å². The normalized spacial score (nSPS) is 12.1. The number of rotatable bonds is 5. The number of hydrogen-bond donors (Lipinski definition) is 1. The number of para-hydroxylation sites is 1. The van der Waals surface area contributed by atoms with Gasteiger partial charge in [-0.15, -0.1) is 0 Å². The summed E-state index contributed by atoms with van der Waals surface area (Å²) >= 11 is 0. The van der Waals surface area contributed by atoms with E-state index in [1.165, 1.54) is 0 Å². The van der Waals surface area contributed by atoms with Crippen LogP contribution in [0.2, 0.25) is 0 Å². The van der Waals surface area contributed by atoms with Crippen LogP contribution in [0.15, 0.2) is 36.5 Å². The third-order valence-corrected chi connectivity index (χ3v) is 3.32. The summed E-state index contributed by atoms with van der Waals surface area (Å²) in [5.41, 5.74) is -2.46. The van der Waals surface area contributed by atoms with E-state index in [-0.39, 0.29) is 13.2 Å². The predicted molar refractivity (Wildman–Crippen MR) is 86.5 cm³/mol. The van der Waals surface area contributed by atoms with Gasteiger partial charge in [0.15, 0.2) is 5.69 Å². The van der Waals surface area contributed by atoms with Crippen LogP contribution in [-0.4, -0.2) is 28.8 Å². The minimum Gasteiger partial charge on any atom is -0.492 e. The number of ether oxygens (including phenoxy) is 1. The van der Waals surface area contributed by atoms with E-state index in [1.54, 1.807) is 45.0 Å². The molecule has 5 nitrogen and oxygen atoms in total. The number of hydrogen-bond acceptors (Lipinski definition) is 3. The van der Waals surface area contributed by atoms with E-state index in [9.17, 15) is 18.0 Å². The van der Waals surface area contributed by atoms with Gasteiger partial charge in [-0.3, -0.25) is 9.48 Å². The van der Waals surface area contributed by atoms with Crippen molar-refractivity contribution in [3.63, 3.8) is 0 Å². The Kier molecular flexibility index (Phi) is 5.39. The number of aromatic nitrogens is 2. The fourth-order valence-corrected chi connectivity index (χ4v) is 2.24. The van der Waals surface area contributed by atoms with Crippen molar-refractivity contribution < 1.29 is 22.7 Å². The molecule has 1 aromatic carbocycles. The number of benzene rings is 1. The fraction of sp³-hybridized carbons (Fsp3) is 0.412. The molecule has 1 heterocycles. The van der Waals surface area contributed by atoms with E-state index in [4.69, 9.17) is 4.74 Å². The molecule has 136 valence electrons. The maximum atomic E-state index is 13.4. The summed E-state index contributed by atoms with van der Waals surface area (Å²) in [6.07, 6.45) is -3.74. The van der Waals surface area contributed by atoms with Crippen LogP contribution in [0.4, 0.5) is 13.2 Å². The van der Waals surface area contributed by atoms with Gasteiger partial charge >= 0.3 is 6.18 Å². The summed E-state index contributed by atoms with van der Waals surface area (Å²) < 4.78 is 46.3. The van der Waals surface area contributed by atoms with E-state index in [2.05, 4.69) is 10.4 Å². The van der Waals surface area contributed by atoms with E-state index in [1.807, 2.05) is 6.07 Å². The topological polar surface area (TPSA) is 56.2 Å². The summed E-state index contributed by atoms with van der Waals surface area (Å²) in [4.78, 5) is 12.1. The van der Waals surface area contributed by atoms with Crippen molar-refractivity contribution in [2.45, 2.75) is 32.5 Å². The molecule has 0 radical (unpaired) electrons. The van der Waals surface area contributed by atoms with Crippen molar-refractivity contribution in [3.05, 3.63) is 47.8 Å². The summed E-state index contributed by atoms with van der Waals surface area (Å²) in [5, 5.41) is 6.18. The van der Waals surface area contributed by atoms with Gasteiger partial charge < -0.3 is 10.1 Å². The summed E-state index contributed by atoms with van der Waals surface area (Å²) in [6.45, 7) is 4.98. The standard InChI is InChI=1S/C17H20F3N3O2/c1-16(2,3)23-14(17(18,19)20)13(11-22-23)15(24)21-9-10-25-12-7-5-4-6-8-12/h4-8,11H,9-10H2,1-3H3,(H,21,24). The van der Waals surface area contributed by atoms with Crippen molar-refractivity contribution in [2.75, 3.05) is 13.2 Å². The summed E-state index contributed by atoms with van der Waals surface area (Å²) in [5.74, 6) is -0.215. The largest absolute Gasteiger partial charge is 0.492 e. The van der Waals surface area contributed by atoms with E-state index < -0.39 is 28.9 Å². The molecular weight excluding hydrogens is 335 g/mol. The minimum absolute atomic E-state index is 0.0751. The van der Waals surface area contributed by atoms with Gasteiger partial charge in [0, 0.05) is 0 Å². The lowest BCUT2D eigenvalue weighted by molar-refractivity contribution is -0.146. The first-order chi connectivity index (χ1) is 11.6. The SMILES string of the molecule is CC(C)(C)n1ncc(C(=O)NCCOc2ccccc2)c1C(F)(F)F. The molecule has 2 aromatic rings. The molecule has 25 heavy (non-hydrogen) atoms. The predicted octanol–water partition coefficient (Wildman–Crippen LogP) is 3.47. The number of carbonyl (C=O) groups excluding carboxylic acids is 1. The van der Waals surface area contributed by atoms with Crippen LogP contribution < -0.4 is 10.1 Å². The Morgan fingerprint density at radius 3 is 2.40 bits per heavy atom. The number of nitrogens with one attached hydrogen (secondary N) is 1. The Morgan fingerprint density at radius 2 is 1.84 bits per heavy atom. The average Bonchev–Trinajstić information content (AvgIpc) is 2.98. The molecule has 0 atom stereocenters. The Morgan fingerprint density at radius 1 is 1.20 bits per heavy atom. The van der Waals surface area contributed by atoms with Gasteiger partial charge in [-0.05, 0) is 32.9 Å². The molecule has 0 saturated carbocycles. The zero-order valence-electron chi connectivity index (χ0n) is 14.2. The first kappa shape index (κ1) is 18.8. The summed E-state index contributed by atoms with van der Waals surface area (Å²) in [7, 11) is 0. The lowest BCUT2D eigenvalue weighted by atomic mass is 10.1. The molecule has 0 aliphatic carbocycles. The molecule has 0 fully saturated rings. The van der Waals surface area contributed by atoms with Gasteiger partial charge in [-0.25, -0.2) is 0 Å². The van der Waals surface area contributed by atoms with Crippen LogP contribution in [0.1, 0.15) is 36.8 Å². The molecule has 1 amide bonds. The Hall–Kier alpha value is -2.51. The maximum Gasteiger partial charge on any atom is 0.433 e. The number of nitrogens with zero attached hydrogens (tertiary/aromatic N) is 2. The van der Waals surface area contributed by atoms with Crippen molar-refractivity contribution >= 4 is 5.91 Å². The van der Waals surface area contributed by atoms with Crippen molar-refractivity contribution in [3.8, 4) is 5.75 Å². The first-order valence-electron chi connectivity index (χ1n) is 7.72. The highest BCUT2D eigenvalue weighted by Crippen LogP contribution is 2.34. The molecule has 0 bridgehead atoms. The van der Waals surface area contributed by atoms with Crippen molar-refractivity contribution in [2.24, 2.45) is 0 Å². The first-order valence-corrected chi connectivity index (χ1v) is 7.72. The third kappa shape index (κ3) is 4.74. The van der Waals surface area contributed by atoms with Crippen LogP contribution in [-0.2, 0) is 11.7 Å². The number of halogens is 3. The van der Waals surface area contributed by atoms with Gasteiger partial charge in [-0.1, -0.05) is 18.2 Å². The number of amides is 1. The zero-order valence-corrected chi connectivity index (χ0v) is 14.2. The van der Waals surface area contributed by atoms with Crippen molar-refractivity contribution in [1.29, 1.82) is 0 Å². The second-order valence-electron chi connectivity index (χ2n) is 6.40. The molecular formula is C17H20F3N3O2. The number of carbonyl (C=O) groups is 1. The monoisotopic (exact) mass is 355 g/mol. The average molecular weight is 355 g/mol. The van der Waals surface area contributed by atoms with Crippen LogP contribution >= 0.6 is 0 Å². The molecule has 0 spiro atoms. The highest BCUT2D eigenvalue weighted by molar-refractivity contribution is 5.95. The lowest BCUT2D eigenvalue weighted by Gasteiger charge is -2.23. The van der Waals surface area contributed by atoms with Gasteiger partial charge in [0.1, 0.15) is 12.4 Å². The Bertz CT molecular complexity index is 719. The van der Waals surface area contributed by atoms with Crippen LogP contribution in [0, 0.1) is 0 Å². The second-order valence-corrected chi connectivity index (χ2v) is 6.40. The fourth-order valence-electron chi connectivity index (χ4n) is 2.24. The van der Waals surface area contributed by atoms with Crippen LogP contribution in [0.5, 0.6) is 5.75 Å². The smallest absolute Gasteiger partial charge is 0.433 e. The molecule has 1 N–H and O–H groups in total. The van der Waals surface area contributed by atoms with Crippen LogP contribution in [0.3, 0.4) is 0 Å². The highest BCUT2D eigenvalue weighted by Gasteiger charge is 2.42. The molecule has 0 aliphatic heterocycles. The van der Waals surface area contributed by atoms with Crippen LogP contribution in [0.25, 0.3) is 0 Å². The van der Waals surface area contributed by atoms with E-state index in [0.29, 0.717) is 5.75 Å². The van der Waals surface area contributed by atoms with Gasteiger partial charge in [0.05, 0.1) is 23.8 Å². The molecule has 0 aliphatic rings. The third-order valence-electron chi connectivity index (χ3n) is 3.32. The number of alkyl halides is 3. The maximum absolute atomic E-state index is 13.4. The molecule has 0 unspecified atom stereocenters. The zero-order chi connectivity index (χ0) is 18.7. The quantitative estimate of drug-likeness (QED) is 0.836. The molecule has 1 aromatic heterocycles. The molecule has 0 saturated heterocycles. The van der Waals surface area contributed by atoms with Gasteiger partial charge in [0.25, 0.3) is 5.91 Å². The van der Waals surface area contributed by atoms with E-state index in [0.717, 1.165) is 10.9 Å². The van der Waals surface area contributed by atoms with Gasteiger partial charge in [-0.2, -0.15) is 18.3 Å². The summed E-state index contributed by atoms with van der Waals surface area (Å²) in [6, 6.07) is 8.92.